The molecule has 0 atom stereocenters. The minimum Gasteiger partial charge on any atom is -0.321 e. The first-order valence-electron chi connectivity index (χ1n) is 3.61. The van der Waals surface area contributed by atoms with Crippen molar-refractivity contribution in [3.63, 3.8) is 0 Å². The maximum Gasteiger partial charge on any atom is 0.266 e. The van der Waals surface area contributed by atoms with Crippen molar-refractivity contribution in [1.82, 2.24) is 0 Å². The normalized spacial score (nSPS) is 9.64. The van der Waals surface area contributed by atoms with Gasteiger partial charge in [-0.25, -0.2) is 0 Å². The van der Waals surface area contributed by atoms with Crippen LogP contribution in [0.5, 0.6) is 0 Å². The first-order chi connectivity index (χ1) is 6.50. The number of halogens is 3. The van der Waals surface area contributed by atoms with Crippen molar-refractivity contribution in [3.8, 4) is 0 Å². The highest BCUT2D eigenvalue weighted by atomic mass is 35.5. The first kappa shape index (κ1) is 11.4. The molecule has 1 N–H and O–H groups in total. The molecule has 0 fully saturated rings. The molecule has 0 spiro atoms. The van der Waals surface area contributed by atoms with Crippen LogP contribution in [-0.2, 0) is 4.79 Å². The molecule has 14 heavy (non-hydrogen) atoms. The summed E-state index contributed by atoms with van der Waals surface area (Å²) in [6, 6.07) is 4.73. The summed E-state index contributed by atoms with van der Waals surface area (Å²) in [7, 11) is 0. The summed E-state index contributed by atoms with van der Waals surface area (Å²) in [5.74, 6) is -0.468. The molecule has 1 rings (SSSR count). The van der Waals surface area contributed by atoms with Gasteiger partial charge in [-0.3, -0.25) is 4.79 Å². The second-order valence-corrected chi connectivity index (χ2v) is 3.76. The van der Waals surface area contributed by atoms with E-state index in [2.05, 4.69) is 11.9 Å². The molecule has 0 radical (unpaired) electrons. The average Bonchev–Trinajstić information content (AvgIpc) is 2.11. The molecule has 0 aliphatic carbocycles. The van der Waals surface area contributed by atoms with Crippen LogP contribution in [0.1, 0.15) is 0 Å². The fraction of sp³-hybridized carbons (Fsp3) is 0. The monoisotopic (exact) mass is 249 g/mol. The van der Waals surface area contributed by atoms with Crippen LogP contribution in [0, 0.1) is 0 Å². The first-order valence-corrected chi connectivity index (χ1v) is 4.75. The highest BCUT2D eigenvalue weighted by Crippen LogP contribution is 2.25. The lowest BCUT2D eigenvalue weighted by Gasteiger charge is -2.04. The van der Waals surface area contributed by atoms with Gasteiger partial charge in [0.15, 0.2) is 0 Å². The molecule has 0 aliphatic heterocycles. The topological polar surface area (TPSA) is 29.1 Å². The number of hydrogen-bond acceptors (Lipinski definition) is 1. The highest BCUT2D eigenvalue weighted by Gasteiger charge is 2.05. The second kappa shape index (κ2) is 4.69. The van der Waals surface area contributed by atoms with Gasteiger partial charge in [0.2, 0.25) is 0 Å². The highest BCUT2D eigenvalue weighted by molar-refractivity contribution is 6.44. The van der Waals surface area contributed by atoms with Crippen LogP contribution in [0.4, 0.5) is 5.69 Å². The number of nitrogens with one attached hydrogen (secondary N) is 1. The predicted octanol–water partition coefficient (Wildman–Crippen LogP) is 3.68. The molecule has 2 nitrogen and oxygen atoms in total. The van der Waals surface area contributed by atoms with Crippen LogP contribution in [-0.4, -0.2) is 5.91 Å². The molecule has 0 saturated heterocycles. The van der Waals surface area contributed by atoms with E-state index in [1.165, 1.54) is 6.07 Å². The summed E-state index contributed by atoms with van der Waals surface area (Å²) < 4.78 is 0. The van der Waals surface area contributed by atoms with Gasteiger partial charge in [0.25, 0.3) is 5.91 Å². The van der Waals surface area contributed by atoms with Gasteiger partial charge < -0.3 is 5.32 Å². The largest absolute Gasteiger partial charge is 0.321 e. The molecule has 74 valence electrons. The third-order valence-electron chi connectivity index (χ3n) is 1.42. The Labute approximate surface area is 96.5 Å². The summed E-state index contributed by atoms with van der Waals surface area (Å²) in [5, 5.41) is 3.20. The lowest BCUT2D eigenvalue weighted by atomic mass is 10.3. The molecule has 0 unspecified atom stereocenters. The van der Waals surface area contributed by atoms with Gasteiger partial charge in [-0.1, -0.05) is 41.4 Å². The van der Waals surface area contributed by atoms with Crippen molar-refractivity contribution in [1.29, 1.82) is 0 Å². The van der Waals surface area contributed by atoms with Crippen LogP contribution in [0.2, 0.25) is 10.0 Å². The number of hydrogen-bond donors (Lipinski definition) is 1. The number of amides is 1. The van der Waals surface area contributed by atoms with E-state index in [-0.39, 0.29) is 5.03 Å². The van der Waals surface area contributed by atoms with Crippen LogP contribution >= 0.6 is 34.8 Å². The molecule has 0 heterocycles. The minimum absolute atomic E-state index is 0.0870. The molecular weight excluding hydrogens is 244 g/mol. The van der Waals surface area contributed by atoms with Gasteiger partial charge >= 0.3 is 0 Å². The summed E-state index contributed by atoms with van der Waals surface area (Å²) >= 11 is 16.8. The zero-order valence-electron chi connectivity index (χ0n) is 6.98. The summed E-state index contributed by atoms with van der Waals surface area (Å²) in [4.78, 5) is 11.1. The van der Waals surface area contributed by atoms with Gasteiger partial charge in [-0.05, 0) is 18.2 Å². The van der Waals surface area contributed by atoms with Gasteiger partial charge in [0, 0.05) is 5.69 Å². The predicted molar refractivity (Wildman–Crippen MR) is 60.1 cm³/mol. The molecule has 0 saturated carbocycles. The maximum absolute atomic E-state index is 11.1. The Morgan fingerprint density at radius 3 is 2.43 bits per heavy atom. The van der Waals surface area contributed by atoms with Crippen LogP contribution < -0.4 is 5.32 Å². The zero-order valence-corrected chi connectivity index (χ0v) is 9.25. The van der Waals surface area contributed by atoms with Crippen molar-refractivity contribution < 1.29 is 4.79 Å². The van der Waals surface area contributed by atoms with Crippen molar-refractivity contribution >= 4 is 46.4 Å². The van der Waals surface area contributed by atoms with E-state index in [0.717, 1.165) is 0 Å². The standard InChI is InChI=1S/C9H6Cl3NO/c1-5(10)9(14)13-6-2-3-7(11)8(12)4-6/h2-4H,1H2,(H,13,14). The van der Waals surface area contributed by atoms with Crippen LogP contribution in [0.25, 0.3) is 0 Å². The summed E-state index contributed by atoms with van der Waals surface area (Å²) in [6.45, 7) is 3.29. The number of anilines is 1. The Morgan fingerprint density at radius 1 is 1.29 bits per heavy atom. The Kier molecular flexibility index (Phi) is 3.81. The maximum atomic E-state index is 11.1. The van der Waals surface area contributed by atoms with E-state index in [0.29, 0.717) is 15.7 Å². The third kappa shape index (κ3) is 2.91. The summed E-state index contributed by atoms with van der Waals surface area (Å²) in [6.07, 6.45) is 0. The van der Waals surface area contributed by atoms with E-state index in [4.69, 9.17) is 34.8 Å². The lowest BCUT2D eigenvalue weighted by molar-refractivity contribution is -0.112. The number of benzene rings is 1. The Balaban J connectivity index is 2.83. The van der Waals surface area contributed by atoms with Crippen molar-refractivity contribution in [2.75, 3.05) is 5.32 Å². The number of carbonyl (C=O) groups is 1. The number of rotatable bonds is 2. The SMILES string of the molecule is C=C(Cl)C(=O)Nc1ccc(Cl)c(Cl)c1. The molecule has 0 aliphatic rings. The Bertz CT molecular complexity index is 390. The Hall–Kier alpha value is -0.700. The Morgan fingerprint density at radius 2 is 1.93 bits per heavy atom. The van der Waals surface area contributed by atoms with Gasteiger partial charge in [-0.15, -0.1) is 0 Å². The van der Waals surface area contributed by atoms with Gasteiger partial charge in [-0.2, -0.15) is 0 Å². The second-order valence-electron chi connectivity index (χ2n) is 2.49. The van der Waals surface area contributed by atoms with Crippen molar-refractivity contribution in [2.24, 2.45) is 0 Å². The molecule has 0 aromatic heterocycles. The molecule has 1 amide bonds. The molecule has 1 aromatic carbocycles. The minimum atomic E-state index is -0.468. The molecule has 5 heteroatoms. The zero-order chi connectivity index (χ0) is 10.7. The molecule has 1 aromatic rings. The molecule has 0 bridgehead atoms. The van der Waals surface area contributed by atoms with Gasteiger partial charge in [0.1, 0.15) is 0 Å². The van der Waals surface area contributed by atoms with E-state index in [1.54, 1.807) is 12.1 Å². The fourth-order valence-corrected chi connectivity index (χ4v) is 1.12. The number of carbonyl (C=O) groups excluding carboxylic acids is 1. The van der Waals surface area contributed by atoms with E-state index in [9.17, 15) is 4.79 Å². The summed E-state index contributed by atoms with van der Waals surface area (Å²) in [5.41, 5.74) is 0.520. The van der Waals surface area contributed by atoms with Crippen molar-refractivity contribution in [2.45, 2.75) is 0 Å². The van der Waals surface area contributed by atoms with Crippen molar-refractivity contribution in [3.05, 3.63) is 39.9 Å². The van der Waals surface area contributed by atoms with E-state index in [1.807, 2.05) is 0 Å². The molecular formula is C9H6Cl3NO. The van der Waals surface area contributed by atoms with Crippen LogP contribution in [0.15, 0.2) is 29.8 Å². The lowest BCUT2D eigenvalue weighted by Crippen LogP contribution is -2.10. The quantitative estimate of drug-likeness (QED) is 0.797. The third-order valence-corrected chi connectivity index (χ3v) is 2.33. The van der Waals surface area contributed by atoms with Gasteiger partial charge in [0.05, 0.1) is 15.1 Å². The fourth-order valence-electron chi connectivity index (χ4n) is 0.773. The van der Waals surface area contributed by atoms with E-state index < -0.39 is 5.91 Å². The van der Waals surface area contributed by atoms with Crippen LogP contribution in [0.3, 0.4) is 0 Å². The average molecular weight is 251 g/mol. The smallest absolute Gasteiger partial charge is 0.266 e. The van der Waals surface area contributed by atoms with E-state index >= 15 is 0 Å².